The monoisotopic (exact) mass is 464 g/mol. The van der Waals surface area contributed by atoms with Crippen LogP contribution in [0.1, 0.15) is 64.7 Å². The second-order valence-electron chi connectivity index (χ2n) is 8.11. The molecule has 1 unspecified atom stereocenters. The minimum Gasteiger partial charge on any atom is -0.396 e. The summed E-state index contributed by atoms with van der Waals surface area (Å²) in [4.78, 5) is 0. The largest absolute Gasteiger partial charge is 0.396 e. The van der Waals surface area contributed by atoms with E-state index in [2.05, 4.69) is 55.2 Å². The van der Waals surface area contributed by atoms with Gasteiger partial charge in [0.2, 0.25) is 0 Å². The summed E-state index contributed by atoms with van der Waals surface area (Å²) in [5, 5.41) is 22.5. The number of aliphatic hydroxyl groups excluding tert-OH is 1. The Morgan fingerprint density at radius 2 is 1.75 bits per heavy atom. The van der Waals surface area contributed by atoms with Crippen LogP contribution in [0.4, 0.5) is 0 Å². The van der Waals surface area contributed by atoms with E-state index in [4.69, 9.17) is 0 Å². The first kappa shape index (κ1) is 22.4. The summed E-state index contributed by atoms with van der Waals surface area (Å²) < 4.78 is 1.14. The van der Waals surface area contributed by atoms with Crippen molar-refractivity contribution in [3.63, 3.8) is 0 Å². The van der Waals surface area contributed by atoms with Crippen molar-refractivity contribution in [2.45, 2.75) is 90.0 Å². The highest BCUT2D eigenvalue weighted by Gasteiger charge is 2.45. The quantitative estimate of drug-likeness (QED) is 0.166. The second kappa shape index (κ2) is 10.5. The maximum Gasteiger partial charge on any atom is 0.104 e. The van der Waals surface area contributed by atoms with Crippen LogP contribution in [0.25, 0.3) is 0 Å². The van der Waals surface area contributed by atoms with E-state index in [1.54, 1.807) is 0 Å². The second-order valence-corrected chi connectivity index (χ2v) is 14.2. The molecule has 0 bridgehead atoms. The molecule has 2 N–H and O–H groups in total. The number of rotatable bonds is 12. The predicted octanol–water partition coefficient (Wildman–Crippen LogP) is 5.79. The molecule has 1 aliphatic rings. The number of unbranched alkanes of at least 4 members (excludes halogenated alkanes) is 4. The average molecular weight is 465 g/mol. The zero-order valence-electron chi connectivity index (χ0n) is 16.1. The summed E-state index contributed by atoms with van der Waals surface area (Å²) >= 11 is 2.41. The first-order valence-corrected chi connectivity index (χ1v) is 14.7. The molecule has 0 heterocycles. The van der Waals surface area contributed by atoms with Crippen molar-refractivity contribution in [3.05, 3.63) is 22.4 Å². The fraction of sp³-hybridized carbons (Fsp3) is 0.800. The lowest BCUT2D eigenvalue weighted by molar-refractivity contribution is 0.106. The van der Waals surface area contributed by atoms with E-state index >= 15 is 0 Å². The van der Waals surface area contributed by atoms with Crippen molar-refractivity contribution in [2.24, 2.45) is 0 Å². The van der Waals surface area contributed by atoms with Crippen molar-refractivity contribution in [2.75, 3.05) is 11.0 Å². The molecule has 24 heavy (non-hydrogen) atoms. The zero-order valence-corrected chi connectivity index (χ0v) is 19.3. The van der Waals surface area contributed by atoms with Crippen molar-refractivity contribution in [1.82, 2.24) is 0 Å². The van der Waals surface area contributed by atoms with Gasteiger partial charge in [-0.1, -0.05) is 74.5 Å². The zero-order chi connectivity index (χ0) is 18.2. The van der Waals surface area contributed by atoms with E-state index in [9.17, 15) is 10.2 Å². The Morgan fingerprint density at radius 1 is 1.04 bits per heavy atom. The van der Waals surface area contributed by atoms with Gasteiger partial charge in [0.25, 0.3) is 0 Å². The minimum atomic E-state index is -1.63. The van der Waals surface area contributed by atoms with E-state index in [1.807, 2.05) is 0 Å². The molecule has 0 spiro atoms. The summed E-state index contributed by atoms with van der Waals surface area (Å²) in [6.45, 7) is 9.43. The van der Waals surface area contributed by atoms with Gasteiger partial charge in [0.15, 0.2) is 0 Å². The van der Waals surface area contributed by atoms with Crippen molar-refractivity contribution in [1.29, 1.82) is 0 Å². The van der Waals surface area contributed by atoms with Gasteiger partial charge in [-0.15, -0.1) is 0 Å². The summed E-state index contributed by atoms with van der Waals surface area (Å²) in [5.74, 6) is 0. The number of allylic oxidation sites excluding steroid dienone is 2. The van der Waals surface area contributed by atoms with E-state index in [0.717, 1.165) is 35.7 Å². The fourth-order valence-corrected chi connectivity index (χ4v) is 7.26. The lowest BCUT2D eigenvalue weighted by Crippen LogP contribution is -2.43. The molecular formula is C20H37IO2Si. The molecule has 1 aliphatic carbocycles. The van der Waals surface area contributed by atoms with Gasteiger partial charge < -0.3 is 10.2 Å². The van der Waals surface area contributed by atoms with Gasteiger partial charge in [-0.05, 0) is 59.3 Å². The lowest BCUT2D eigenvalue weighted by atomic mass is 9.89. The molecule has 0 saturated heterocycles. The summed E-state index contributed by atoms with van der Waals surface area (Å²) in [7, 11) is -1.63. The summed E-state index contributed by atoms with van der Waals surface area (Å²) in [6.07, 6.45) is 12.0. The fourth-order valence-electron chi connectivity index (χ4n) is 4.03. The third-order valence-corrected chi connectivity index (χ3v) is 7.96. The molecular weight excluding hydrogens is 427 g/mol. The molecule has 0 fully saturated rings. The van der Waals surface area contributed by atoms with Crippen LogP contribution < -0.4 is 0 Å². The predicted molar refractivity (Wildman–Crippen MR) is 117 cm³/mol. The topological polar surface area (TPSA) is 40.5 Å². The van der Waals surface area contributed by atoms with E-state index in [1.165, 1.54) is 36.5 Å². The molecule has 0 radical (unpaired) electrons. The van der Waals surface area contributed by atoms with Gasteiger partial charge in [0.1, 0.15) is 5.60 Å². The van der Waals surface area contributed by atoms with Crippen molar-refractivity contribution >= 4 is 30.7 Å². The molecule has 0 amide bonds. The van der Waals surface area contributed by atoms with Crippen molar-refractivity contribution in [3.8, 4) is 0 Å². The molecule has 1 atom stereocenters. The maximum atomic E-state index is 11.7. The normalized spacial score (nSPS) is 21.5. The standard InChI is InChI=1S/C20H37IO2Si/c1-5-6-7-8-11-17-16-18(12-15-22)20(23,13-9-10-14-21)19(17)24(2,3)4/h16,22-23H,5-15H2,1-4H3. The maximum absolute atomic E-state index is 11.7. The Morgan fingerprint density at radius 3 is 2.29 bits per heavy atom. The van der Waals surface area contributed by atoms with Gasteiger partial charge in [-0.2, -0.15) is 0 Å². The number of aliphatic hydroxyl groups is 2. The first-order valence-electron chi connectivity index (χ1n) is 9.65. The highest BCUT2D eigenvalue weighted by Crippen LogP contribution is 2.46. The molecule has 0 aromatic carbocycles. The third-order valence-electron chi connectivity index (χ3n) is 4.97. The lowest BCUT2D eigenvalue weighted by Gasteiger charge is -2.37. The van der Waals surface area contributed by atoms with Crippen LogP contribution in [-0.2, 0) is 0 Å². The van der Waals surface area contributed by atoms with Crippen LogP contribution >= 0.6 is 22.6 Å². The Labute approximate surface area is 164 Å². The molecule has 1 rings (SSSR count). The molecule has 2 nitrogen and oxygen atoms in total. The summed E-state index contributed by atoms with van der Waals surface area (Å²) in [6, 6.07) is 0. The molecule has 0 aromatic heterocycles. The van der Waals surface area contributed by atoms with Crippen LogP contribution in [0.2, 0.25) is 19.6 Å². The van der Waals surface area contributed by atoms with E-state index in [-0.39, 0.29) is 6.61 Å². The van der Waals surface area contributed by atoms with Crippen LogP contribution in [0.15, 0.2) is 22.4 Å². The Balaban J connectivity index is 3.08. The van der Waals surface area contributed by atoms with Gasteiger partial charge >= 0.3 is 0 Å². The molecule has 140 valence electrons. The van der Waals surface area contributed by atoms with Crippen LogP contribution in [0.3, 0.4) is 0 Å². The Bertz CT molecular complexity index is 451. The highest BCUT2D eigenvalue weighted by atomic mass is 127. The van der Waals surface area contributed by atoms with Gasteiger partial charge in [0.05, 0.1) is 8.07 Å². The van der Waals surface area contributed by atoms with E-state index < -0.39 is 13.7 Å². The number of alkyl halides is 1. The molecule has 0 saturated carbocycles. The Hall–Kier alpha value is 0.347. The minimum absolute atomic E-state index is 0.128. The number of halogens is 1. The number of hydrogen-bond donors (Lipinski definition) is 2. The van der Waals surface area contributed by atoms with Crippen LogP contribution in [-0.4, -0.2) is 34.9 Å². The first-order chi connectivity index (χ1) is 11.3. The van der Waals surface area contributed by atoms with Crippen LogP contribution in [0, 0.1) is 0 Å². The summed E-state index contributed by atoms with van der Waals surface area (Å²) in [5.41, 5.74) is 1.69. The highest BCUT2D eigenvalue weighted by molar-refractivity contribution is 14.1. The van der Waals surface area contributed by atoms with Gasteiger partial charge in [0, 0.05) is 6.61 Å². The van der Waals surface area contributed by atoms with Crippen molar-refractivity contribution < 1.29 is 10.2 Å². The van der Waals surface area contributed by atoms with Crippen LogP contribution in [0.5, 0.6) is 0 Å². The molecule has 4 heteroatoms. The smallest absolute Gasteiger partial charge is 0.104 e. The van der Waals surface area contributed by atoms with Gasteiger partial charge in [-0.25, -0.2) is 0 Å². The van der Waals surface area contributed by atoms with E-state index in [0.29, 0.717) is 6.42 Å². The Kier molecular flexibility index (Phi) is 9.78. The average Bonchev–Trinajstić information content (AvgIpc) is 2.77. The molecule has 0 aliphatic heterocycles. The SMILES string of the molecule is CCCCCCC1=C([Si](C)(C)C)C(O)(CCCCI)C(CCO)=C1. The van der Waals surface area contributed by atoms with Gasteiger partial charge in [-0.3, -0.25) is 0 Å². The number of hydrogen-bond acceptors (Lipinski definition) is 2. The molecule has 0 aromatic rings. The third kappa shape index (κ3) is 5.96.